The lowest BCUT2D eigenvalue weighted by atomic mass is 10.2. The SMILES string of the molecule is CC(C)=NNC(=O)CN(c1ccc(C)c(Cl)c1)S(C)(=O)=O. The average molecular weight is 332 g/mol. The fourth-order valence-electron chi connectivity index (χ4n) is 1.48. The Bertz CT molecular complexity index is 667. The molecule has 1 amide bonds. The number of benzene rings is 1. The number of rotatable bonds is 5. The van der Waals surface area contributed by atoms with Crippen LogP contribution in [0.15, 0.2) is 23.3 Å². The Morgan fingerprint density at radius 2 is 2.00 bits per heavy atom. The maximum Gasteiger partial charge on any atom is 0.260 e. The Morgan fingerprint density at radius 3 is 2.48 bits per heavy atom. The summed E-state index contributed by atoms with van der Waals surface area (Å²) >= 11 is 6.00. The second-order valence-electron chi connectivity index (χ2n) is 4.80. The van der Waals surface area contributed by atoms with Gasteiger partial charge in [0.2, 0.25) is 10.0 Å². The van der Waals surface area contributed by atoms with Gasteiger partial charge in [0.1, 0.15) is 6.54 Å². The smallest absolute Gasteiger partial charge is 0.260 e. The van der Waals surface area contributed by atoms with Gasteiger partial charge in [0.05, 0.1) is 11.9 Å². The van der Waals surface area contributed by atoms with Gasteiger partial charge in [-0.25, -0.2) is 13.8 Å². The fourth-order valence-corrected chi connectivity index (χ4v) is 2.50. The largest absolute Gasteiger partial charge is 0.271 e. The number of aryl methyl sites for hydroxylation is 1. The summed E-state index contributed by atoms with van der Waals surface area (Å²) in [7, 11) is -3.62. The van der Waals surface area contributed by atoms with E-state index in [1.54, 1.807) is 26.0 Å². The number of carbonyl (C=O) groups is 1. The molecule has 0 aliphatic rings. The van der Waals surface area contributed by atoms with Crippen molar-refractivity contribution in [3.63, 3.8) is 0 Å². The van der Waals surface area contributed by atoms with Crippen LogP contribution in [-0.4, -0.2) is 32.8 Å². The van der Waals surface area contributed by atoms with Crippen molar-refractivity contribution in [3.8, 4) is 0 Å². The number of nitrogens with zero attached hydrogens (tertiary/aromatic N) is 2. The normalized spacial score (nSPS) is 10.9. The second kappa shape index (κ2) is 6.91. The van der Waals surface area contributed by atoms with Crippen molar-refractivity contribution >= 4 is 38.9 Å². The molecule has 1 aromatic rings. The number of hydrogen-bond donors (Lipinski definition) is 1. The third-order valence-electron chi connectivity index (χ3n) is 2.54. The van der Waals surface area contributed by atoms with E-state index in [0.717, 1.165) is 16.1 Å². The molecule has 6 nitrogen and oxygen atoms in total. The topological polar surface area (TPSA) is 78.8 Å². The molecule has 0 saturated heterocycles. The average Bonchev–Trinajstić information content (AvgIpc) is 2.35. The molecule has 0 fully saturated rings. The molecular formula is C13H18ClN3O3S. The number of amides is 1. The Balaban J connectivity index is 3.05. The molecule has 1 rings (SSSR count). The molecule has 1 N–H and O–H groups in total. The monoisotopic (exact) mass is 331 g/mol. The first-order valence-electron chi connectivity index (χ1n) is 6.15. The van der Waals surface area contributed by atoms with Crippen molar-refractivity contribution in [2.75, 3.05) is 17.1 Å². The zero-order valence-electron chi connectivity index (χ0n) is 12.3. The van der Waals surface area contributed by atoms with Crippen LogP contribution in [-0.2, 0) is 14.8 Å². The molecule has 21 heavy (non-hydrogen) atoms. The van der Waals surface area contributed by atoms with Crippen molar-refractivity contribution in [1.29, 1.82) is 0 Å². The summed E-state index contributed by atoms with van der Waals surface area (Å²) in [4.78, 5) is 11.8. The van der Waals surface area contributed by atoms with Gasteiger partial charge in [-0.05, 0) is 38.5 Å². The quantitative estimate of drug-likeness (QED) is 0.661. The summed E-state index contributed by atoms with van der Waals surface area (Å²) in [5.41, 5.74) is 4.11. The Kier molecular flexibility index (Phi) is 5.74. The highest BCUT2D eigenvalue weighted by atomic mass is 35.5. The number of halogens is 1. The molecule has 0 heterocycles. The van der Waals surface area contributed by atoms with Gasteiger partial charge in [0.25, 0.3) is 5.91 Å². The van der Waals surface area contributed by atoms with Gasteiger partial charge in [-0.3, -0.25) is 9.10 Å². The van der Waals surface area contributed by atoms with Gasteiger partial charge in [-0.1, -0.05) is 17.7 Å². The lowest BCUT2D eigenvalue weighted by Gasteiger charge is -2.21. The molecule has 0 aliphatic heterocycles. The molecule has 0 saturated carbocycles. The van der Waals surface area contributed by atoms with E-state index in [4.69, 9.17) is 11.6 Å². The van der Waals surface area contributed by atoms with Gasteiger partial charge in [0, 0.05) is 10.7 Å². The Hall–Kier alpha value is -1.60. The highest BCUT2D eigenvalue weighted by molar-refractivity contribution is 7.92. The van der Waals surface area contributed by atoms with Crippen LogP contribution in [0.3, 0.4) is 0 Å². The zero-order chi connectivity index (χ0) is 16.2. The minimum absolute atomic E-state index is 0.334. The van der Waals surface area contributed by atoms with Crippen molar-refractivity contribution in [1.82, 2.24) is 5.43 Å². The zero-order valence-corrected chi connectivity index (χ0v) is 13.9. The molecule has 0 bridgehead atoms. The highest BCUT2D eigenvalue weighted by Crippen LogP contribution is 2.24. The van der Waals surface area contributed by atoms with E-state index in [9.17, 15) is 13.2 Å². The summed E-state index contributed by atoms with van der Waals surface area (Å²) < 4.78 is 24.7. The summed E-state index contributed by atoms with van der Waals surface area (Å²) in [6.07, 6.45) is 1.03. The second-order valence-corrected chi connectivity index (χ2v) is 7.11. The van der Waals surface area contributed by atoms with E-state index in [1.165, 1.54) is 6.07 Å². The number of sulfonamides is 1. The molecule has 0 atom stereocenters. The number of carbonyl (C=O) groups excluding carboxylic acids is 1. The molecule has 0 radical (unpaired) electrons. The third kappa shape index (κ3) is 5.35. The maximum atomic E-state index is 11.9. The molecule has 1 aromatic carbocycles. The molecule has 0 aromatic heterocycles. The minimum Gasteiger partial charge on any atom is -0.271 e. The number of nitrogens with one attached hydrogen (secondary N) is 1. The van der Waals surface area contributed by atoms with E-state index < -0.39 is 15.9 Å². The first kappa shape index (κ1) is 17.5. The number of anilines is 1. The first-order valence-corrected chi connectivity index (χ1v) is 8.37. The van der Waals surface area contributed by atoms with Crippen LogP contribution in [0.1, 0.15) is 19.4 Å². The Morgan fingerprint density at radius 1 is 1.38 bits per heavy atom. The van der Waals surface area contributed by atoms with Gasteiger partial charge in [0.15, 0.2) is 0 Å². The lowest BCUT2D eigenvalue weighted by molar-refractivity contribution is -0.119. The molecule has 116 valence electrons. The summed E-state index contributed by atoms with van der Waals surface area (Å²) in [6, 6.07) is 4.81. The molecular weight excluding hydrogens is 314 g/mol. The van der Waals surface area contributed by atoms with Crippen molar-refractivity contribution < 1.29 is 13.2 Å². The number of hydrogen-bond acceptors (Lipinski definition) is 4. The van der Waals surface area contributed by atoms with Gasteiger partial charge in [-0.15, -0.1) is 0 Å². The van der Waals surface area contributed by atoms with Crippen molar-refractivity contribution in [2.24, 2.45) is 5.10 Å². The minimum atomic E-state index is -3.62. The van der Waals surface area contributed by atoms with Crippen molar-refractivity contribution in [3.05, 3.63) is 28.8 Å². The standard InChI is InChI=1S/C13H18ClN3O3S/c1-9(2)15-16-13(18)8-17(21(4,19)20)11-6-5-10(3)12(14)7-11/h5-7H,8H2,1-4H3,(H,16,18). The van der Waals surface area contributed by atoms with E-state index in [0.29, 0.717) is 16.4 Å². The molecule has 0 aliphatic carbocycles. The Labute approximate surface area is 129 Å². The van der Waals surface area contributed by atoms with E-state index in [-0.39, 0.29) is 6.54 Å². The first-order chi connectivity index (χ1) is 9.61. The van der Waals surface area contributed by atoms with Crippen LogP contribution in [0.5, 0.6) is 0 Å². The maximum absolute atomic E-state index is 11.9. The molecule has 8 heteroatoms. The predicted octanol–water partition coefficient (Wildman–Crippen LogP) is 1.93. The fraction of sp³-hybridized carbons (Fsp3) is 0.385. The van der Waals surface area contributed by atoms with Crippen LogP contribution in [0.2, 0.25) is 5.02 Å². The van der Waals surface area contributed by atoms with E-state index in [2.05, 4.69) is 10.5 Å². The van der Waals surface area contributed by atoms with E-state index >= 15 is 0 Å². The van der Waals surface area contributed by atoms with E-state index in [1.807, 2.05) is 6.92 Å². The third-order valence-corrected chi connectivity index (χ3v) is 4.08. The summed E-state index contributed by atoms with van der Waals surface area (Å²) in [6.45, 7) is 4.88. The molecule has 0 unspecified atom stereocenters. The van der Waals surface area contributed by atoms with Crippen LogP contribution < -0.4 is 9.73 Å². The molecule has 0 spiro atoms. The van der Waals surface area contributed by atoms with Gasteiger partial charge >= 0.3 is 0 Å². The highest BCUT2D eigenvalue weighted by Gasteiger charge is 2.21. The van der Waals surface area contributed by atoms with Crippen LogP contribution in [0, 0.1) is 6.92 Å². The number of hydrazone groups is 1. The van der Waals surface area contributed by atoms with Crippen LogP contribution in [0.25, 0.3) is 0 Å². The lowest BCUT2D eigenvalue weighted by Crippen LogP contribution is -2.39. The summed E-state index contributed by atoms with van der Waals surface area (Å²) in [5, 5.41) is 4.19. The van der Waals surface area contributed by atoms with Gasteiger partial charge in [-0.2, -0.15) is 5.10 Å². The van der Waals surface area contributed by atoms with Crippen LogP contribution >= 0.6 is 11.6 Å². The van der Waals surface area contributed by atoms with Crippen LogP contribution in [0.4, 0.5) is 5.69 Å². The van der Waals surface area contributed by atoms with Crippen molar-refractivity contribution in [2.45, 2.75) is 20.8 Å². The summed E-state index contributed by atoms with van der Waals surface area (Å²) in [5.74, 6) is -0.529. The predicted molar refractivity (Wildman–Crippen MR) is 85.3 cm³/mol. The van der Waals surface area contributed by atoms with Gasteiger partial charge < -0.3 is 0 Å².